The number of carbonyl (C=O) groups is 4. The molecule has 16 heteroatoms. The molecule has 14 nitrogen and oxygen atoms in total. The van der Waals surface area contributed by atoms with Crippen LogP contribution in [0.25, 0.3) is 44.4 Å². The highest BCUT2D eigenvalue weighted by Gasteiger charge is 2.27. The van der Waals surface area contributed by atoms with Crippen LogP contribution in [-0.2, 0) is 32.0 Å². The molecule has 0 aromatic carbocycles. The molecule has 58 heavy (non-hydrogen) atoms. The number of carboxylic acid groups (broad SMARTS) is 4. The maximum Gasteiger partial charge on any atom is 0.320 e. The lowest BCUT2D eigenvalue weighted by molar-refractivity contribution is -0.139. The molecule has 5 heterocycles. The van der Waals surface area contributed by atoms with Crippen LogP contribution in [0.4, 0.5) is 0 Å². The Morgan fingerprint density at radius 1 is 0.603 bits per heavy atom. The third kappa shape index (κ3) is 10.0. The minimum atomic E-state index is -1.05. The Bertz CT molecular complexity index is 2360. The molecule has 4 atom stereocenters. The van der Waals surface area contributed by atoms with E-state index in [0.29, 0.717) is 51.7 Å². The lowest BCUT2D eigenvalue weighted by atomic mass is 10.0. The highest BCUT2D eigenvalue weighted by atomic mass is 32.2. The summed E-state index contributed by atoms with van der Waals surface area (Å²) in [6, 6.07) is 5.88. The zero-order chi connectivity index (χ0) is 42.6. The molecule has 2 aliphatic heterocycles. The van der Waals surface area contributed by atoms with Crippen molar-refractivity contribution in [2.24, 2.45) is 11.5 Å². The van der Waals surface area contributed by atoms with Gasteiger partial charge in [0, 0.05) is 45.4 Å². The number of nitrogens with zero attached hydrogens (tertiary/aromatic N) is 2. The van der Waals surface area contributed by atoms with Gasteiger partial charge in [-0.15, -0.1) is 0 Å². The average molecular weight is 833 g/mol. The molecule has 0 saturated carbocycles. The smallest absolute Gasteiger partial charge is 0.320 e. The van der Waals surface area contributed by atoms with Gasteiger partial charge in [0.25, 0.3) is 0 Å². The molecular formula is C42H52N6O8S2. The number of fused-ring (bicyclic) bond motifs is 8. The van der Waals surface area contributed by atoms with Gasteiger partial charge < -0.3 is 41.9 Å². The predicted octanol–water partition coefficient (Wildman–Crippen LogP) is 6.67. The number of aliphatic carboxylic acids is 4. The highest BCUT2D eigenvalue weighted by Crippen LogP contribution is 2.41. The molecule has 0 aliphatic carbocycles. The molecular weight excluding hydrogens is 781 g/mol. The van der Waals surface area contributed by atoms with Crippen LogP contribution < -0.4 is 11.5 Å². The van der Waals surface area contributed by atoms with Gasteiger partial charge in [-0.1, -0.05) is 0 Å². The Labute approximate surface area is 345 Å². The highest BCUT2D eigenvalue weighted by molar-refractivity contribution is 8.00. The van der Waals surface area contributed by atoms with Crippen LogP contribution >= 0.6 is 23.5 Å². The largest absolute Gasteiger partial charge is 0.481 e. The molecule has 10 N–H and O–H groups in total. The van der Waals surface area contributed by atoms with Crippen LogP contribution in [0.15, 0.2) is 24.3 Å². The molecule has 3 aromatic heterocycles. The summed E-state index contributed by atoms with van der Waals surface area (Å²) in [6.45, 7) is 12.0. The maximum atomic E-state index is 11.8. The zero-order valence-electron chi connectivity index (χ0n) is 33.6. The van der Waals surface area contributed by atoms with Crippen LogP contribution in [0.3, 0.4) is 0 Å². The summed E-state index contributed by atoms with van der Waals surface area (Å²) in [7, 11) is 0. The van der Waals surface area contributed by atoms with Gasteiger partial charge in [-0.3, -0.25) is 19.2 Å². The molecule has 0 saturated heterocycles. The number of hydrogen-bond donors (Lipinski definition) is 8. The van der Waals surface area contributed by atoms with Crippen LogP contribution in [0.2, 0.25) is 0 Å². The van der Waals surface area contributed by atoms with Crippen molar-refractivity contribution in [2.45, 2.75) is 103 Å². The standard InChI is InChI=1S/C42H52N6O8S2/c1-19-25(7-9-37(49)50)33-18-34-26(8-10-38(51)52)20(2)30(46-34)16-35-40(24(6)58-14-12-28(44)42(55)56)22(4)32(48-35)17-36-39(21(3)31(47-36)15-29(19)45-33)23(5)57-13-11-27(43)41(53)54/h15-18,23-24,27-28,45-46H,7-14,43-44H2,1-6H3,(H,49,50)(H,51,52)(H,53,54)(H,55,56). The van der Waals surface area contributed by atoms with Crippen molar-refractivity contribution in [3.05, 3.63) is 69.3 Å². The predicted molar refractivity (Wildman–Crippen MR) is 232 cm³/mol. The molecule has 5 rings (SSSR count). The third-order valence-electron chi connectivity index (χ3n) is 10.9. The molecule has 310 valence electrons. The van der Waals surface area contributed by atoms with E-state index in [1.165, 1.54) is 0 Å². The molecule has 8 bridgehead atoms. The molecule has 3 aromatic rings. The van der Waals surface area contributed by atoms with E-state index < -0.39 is 36.0 Å². The van der Waals surface area contributed by atoms with Crippen molar-refractivity contribution < 1.29 is 39.6 Å². The summed E-state index contributed by atoms with van der Waals surface area (Å²) in [4.78, 5) is 63.9. The van der Waals surface area contributed by atoms with E-state index in [2.05, 4.69) is 23.8 Å². The average Bonchev–Trinajstić information content (AvgIpc) is 3.82. The lowest BCUT2D eigenvalue weighted by Crippen LogP contribution is -2.30. The van der Waals surface area contributed by atoms with E-state index in [4.69, 9.17) is 21.4 Å². The van der Waals surface area contributed by atoms with E-state index >= 15 is 0 Å². The number of aromatic amines is 2. The molecule has 0 radical (unpaired) electrons. The van der Waals surface area contributed by atoms with Crippen molar-refractivity contribution in [1.29, 1.82) is 0 Å². The maximum absolute atomic E-state index is 11.8. The van der Waals surface area contributed by atoms with Crippen LogP contribution in [-0.4, -0.2) is 98.3 Å². The van der Waals surface area contributed by atoms with Gasteiger partial charge in [-0.2, -0.15) is 23.5 Å². The van der Waals surface area contributed by atoms with Crippen molar-refractivity contribution in [1.82, 2.24) is 19.9 Å². The van der Waals surface area contributed by atoms with Crippen LogP contribution in [0, 0.1) is 13.8 Å². The molecule has 0 amide bonds. The fraction of sp³-hybridized carbons (Fsp3) is 0.429. The fourth-order valence-corrected chi connectivity index (χ4v) is 9.86. The number of nitrogens with one attached hydrogen (secondary N) is 2. The Morgan fingerprint density at radius 2 is 0.983 bits per heavy atom. The number of thioether (sulfide) groups is 2. The summed E-state index contributed by atoms with van der Waals surface area (Å²) < 4.78 is 0. The number of aromatic nitrogens is 4. The first kappa shape index (κ1) is 44.2. The normalized spacial score (nSPS) is 15.0. The molecule has 2 aliphatic rings. The minimum Gasteiger partial charge on any atom is -0.481 e. The van der Waals surface area contributed by atoms with Gasteiger partial charge in [-0.05, 0) is 148 Å². The molecule has 4 unspecified atom stereocenters. The number of hydrogen-bond acceptors (Lipinski definition) is 10. The second kappa shape index (κ2) is 18.8. The SMILES string of the molecule is CC1=C(C(C)SCCC(N)C(=O)O)c2cc3nc(cc4[nH]c(cc5[nH]c(cc1n2)c(C)c5CCC(=O)O)c(CCC(=O)O)c4C)C(C(C)SCCC(N)C(=O)O)=C3C. The van der Waals surface area contributed by atoms with Gasteiger partial charge in [0.05, 0.1) is 22.8 Å². The first-order valence-electron chi connectivity index (χ1n) is 19.2. The van der Waals surface area contributed by atoms with Crippen LogP contribution in [0.5, 0.6) is 0 Å². The van der Waals surface area contributed by atoms with Crippen molar-refractivity contribution in [3.8, 4) is 0 Å². The van der Waals surface area contributed by atoms with E-state index in [-0.39, 0.29) is 42.6 Å². The second-order valence-electron chi connectivity index (χ2n) is 14.8. The first-order valence-corrected chi connectivity index (χ1v) is 21.3. The fourth-order valence-electron chi connectivity index (χ4n) is 7.44. The van der Waals surface area contributed by atoms with Gasteiger partial charge in [0.1, 0.15) is 12.1 Å². The van der Waals surface area contributed by atoms with Gasteiger partial charge in [-0.25, -0.2) is 9.97 Å². The Balaban J connectivity index is 1.81. The third-order valence-corrected chi connectivity index (χ3v) is 13.3. The monoisotopic (exact) mass is 832 g/mol. The number of carboxylic acids is 4. The van der Waals surface area contributed by atoms with Gasteiger partial charge in [0.15, 0.2) is 0 Å². The van der Waals surface area contributed by atoms with E-state index in [9.17, 15) is 39.6 Å². The number of aryl methyl sites for hydroxylation is 4. The Hall–Kier alpha value is -4.90. The number of rotatable bonds is 18. The summed E-state index contributed by atoms with van der Waals surface area (Å²) in [5.74, 6) is -2.93. The lowest BCUT2D eigenvalue weighted by Gasteiger charge is -2.16. The van der Waals surface area contributed by atoms with E-state index in [1.807, 2.05) is 52.0 Å². The zero-order valence-corrected chi connectivity index (χ0v) is 35.2. The van der Waals surface area contributed by atoms with Crippen molar-refractivity contribution in [2.75, 3.05) is 11.5 Å². The number of nitrogens with two attached hydrogens (primary N) is 2. The summed E-state index contributed by atoms with van der Waals surface area (Å²) in [5, 5.41) is 37.8. The summed E-state index contributed by atoms with van der Waals surface area (Å²) in [6.07, 6.45) is 0.934. The quantitative estimate of drug-likeness (QED) is 0.0666. The Kier molecular flexibility index (Phi) is 14.3. The minimum absolute atomic E-state index is 0.0872. The molecule has 0 fully saturated rings. The van der Waals surface area contributed by atoms with E-state index in [1.54, 1.807) is 23.5 Å². The molecule has 0 spiro atoms. The van der Waals surface area contributed by atoms with Gasteiger partial charge >= 0.3 is 23.9 Å². The summed E-state index contributed by atoms with van der Waals surface area (Å²) >= 11 is 3.18. The first-order chi connectivity index (χ1) is 27.4. The Morgan fingerprint density at radius 3 is 1.38 bits per heavy atom. The second-order valence-corrected chi connectivity index (χ2v) is 17.7. The van der Waals surface area contributed by atoms with Crippen molar-refractivity contribution >= 4 is 91.8 Å². The number of allylic oxidation sites excluding steroid dienone is 2. The number of H-pyrrole nitrogens is 2. The van der Waals surface area contributed by atoms with Crippen LogP contribution in [0.1, 0.15) is 98.4 Å². The summed E-state index contributed by atoms with van der Waals surface area (Å²) in [5.41, 5.74) is 24.5. The van der Waals surface area contributed by atoms with E-state index in [0.717, 1.165) is 55.6 Å². The van der Waals surface area contributed by atoms with Gasteiger partial charge in [0.2, 0.25) is 0 Å². The van der Waals surface area contributed by atoms with Crippen molar-refractivity contribution in [3.63, 3.8) is 0 Å². The topological polar surface area (TPSA) is 259 Å².